The van der Waals surface area contributed by atoms with Gasteiger partial charge in [-0.2, -0.15) is 5.26 Å². The van der Waals surface area contributed by atoms with Crippen LogP contribution in [-0.2, 0) is 0 Å². The molecule has 0 bridgehead atoms. The Bertz CT molecular complexity index is 417. The maximum atomic E-state index is 8.89. The lowest BCUT2D eigenvalue weighted by Gasteiger charge is -2.19. The van der Waals surface area contributed by atoms with Gasteiger partial charge in [-0.15, -0.1) is 0 Å². The first kappa shape index (κ1) is 15.0. The molecule has 0 saturated heterocycles. The Hall–Kier alpha value is -1.09. The van der Waals surface area contributed by atoms with Gasteiger partial charge < -0.3 is 10.4 Å². The molecule has 0 aromatic heterocycles. The van der Waals surface area contributed by atoms with Crippen LogP contribution >= 0.6 is 15.9 Å². The van der Waals surface area contributed by atoms with Crippen LogP contribution in [0.4, 0.5) is 5.69 Å². The van der Waals surface area contributed by atoms with Crippen LogP contribution in [-0.4, -0.2) is 42.8 Å². The van der Waals surface area contributed by atoms with Gasteiger partial charge in [0.2, 0.25) is 0 Å². The van der Waals surface area contributed by atoms with Gasteiger partial charge in [0.25, 0.3) is 0 Å². The fourth-order valence-electron chi connectivity index (χ4n) is 1.65. The molecular formula is C13H18BrN3O. The molecule has 0 radical (unpaired) electrons. The van der Waals surface area contributed by atoms with Gasteiger partial charge in [0.15, 0.2) is 0 Å². The second kappa shape index (κ2) is 8.09. The van der Waals surface area contributed by atoms with E-state index in [1.165, 1.54) is 0 Å². The molecular weight excluding hydrogens is 294 g/mol. The van der Waals surface area contributed by atoms with E-state index >= 15 is 0 Å². The number of rotatable bonds is 7. The molecule has 0 heterocycles. The summed E-state index contributed by atoms with van der Waals surface area (Å²) in [6.07, 6.45) is 0. The number of hydrogen-bond acceptors (Lipinski definition) is 4. The second-order valence-corrected chi connectivity index (χ2v) is 4.75. The molecule has 5 heteroatoms. The minimum absolute atomic E-state index is 0.189. The Kier molecular flexibility index (Phi) is 6.73. The lowest BCUT2D eigenvalue weighted by molar-refractivity contribution is 0.206. The SMILES string of the molecule is CCN(CCO)CCNc1ccc(C#N)cc1Br. The number of aliphatic hydroxyl groups excluding tert-OH is 1. The predicted octanol–water partition coefficient (Wildman–Crippen LogP) is 2.05. The Morgan fingerprint density at radius 3 is 2.78 bits per heavy atom. The van der Waals surface area contributed by atoms with Crippen molar-refractivity contribution in [2.45, 2.75) is 6.92 Å². The van der Waals surface area contributed by atoms with Crippen LogP contribution in [0.3, 0.4) is 0 Å². The molecule has 0 aliphatic rings. The summed E-state index contributed by atoms with van der Waals surface area (Å²) in [5.74, 6) is 0. The molecule has 0 fully saturated rings. The fourth-order valence-corrected chi connectivity index (χ4v) is 2.17. The lowest BCUT2D eigenvalue weighted by atomic mass is 10.2. The van der Waals surface area contributed by atoms with Gasteiger partial charge in [-0.1, -0.05) is 6.92 Å². The number of aliphatic hydroxyl groups is 1. The summed E-state index contributed by atoms with van der Waals surface area (Å²) in [4.78, 5) is 2.17. The summed E-state index contributed by atoms with van der Waals surface area (Å²) in [5.41, 5.74) is 1.62. The van der Waals surface area contributed by atoms with Crippen molar-refractivity contribution in [3.63, 3.8) is 0 Å². The number of nitriles is 1. The summed E-state index contributed by atoms with van der Waals surface area (Å²) in [6.45, 7) is 5.58. The summed E-state index contributed by atoms with van der Waals surface area (Å²) in [7, 11) is 0. The Morgan fingerprint density at radius 1 is 1.44 bits per heavy atom. The molecule has 2 N–H and O–H groups in total. The first-order chi connectivity index (χ1) is 8.71. The molecule has 0 aliphatic heterocycles. The van der Waals surface area contributed by atoms with Crippen molar-refractivity contribution in [3.8, 4) is 6.07 Å². The van der Waals surface area contributed by atoms with Gasteiger partial charge in [-0.25, -0.2) is 0 Å². The van der Waals surface area contributed by atoms with E-state index < -0.39 is 0 Å². The molecule has 98 valence electrons. The highest BCUT2D eigenvalue weighted by Crippen LogP contribution is 2.23. The van der Waals surface area contributed by atoms with Gasteiger partial charge in [-0.05, 0) is 40.7 Å². The van der Waals surface area contributed by atoms with Crippen LogP contribution in [0.15, 0.2) is 22.7 Å². The van der Waals surface area contributed by atoms with E-state index in [9.17, 15) is 0 Å². The smallest absolute Gasteiger partial charge is 0.0992 e. The van der Waals surface area contributed by atoms with Gasteiger partial charge in [0.05, 0.1) is 18.2 Å². The van der Waals surface area contributed by atoms with E-state index in [0.29, 0.717) is 12.1 Å². The van der Waals surface area contributed by atoms with Gasteiger partial charge in [0, 0.05) is 29.8 Å². The highest BCUT2D eigenvalue weighted by atomic mass is 79.9. The van der Waals surface area contributed by atoms with Gasteiger partial charge >= 0.3 is 0 Å². The minimum atomic E-state index is 0.189. The third-order valence-corrected chi connectivity index (χ3v) is 3.36. The third-order valence-electron chi connectivity index (χ3n) is 2.71. The van der Waals surface area contributed by atoms with E-state index in [1.807, 2.05) is 6.07 Å². The molecule has 4 nitrogen and oxygen atoms in total. The monoisotopic (exact) mass is 311 g/mol. The highest BCUT2D eigenvalue weighted by molar-refractivity contribution is 9.10. The zero-order valence-electron chi connectivity index (χ0n) is 10.5. The standard InChI is InChI=1S/C13H18BrN3O/c1-2-17(7-8-18)6-5-16-13-4-3-11(10-15)9-12(13)14/h3-4,9,16,18H,2,5-8H2,1H3. The van der Waals surface area contributed by atoms with E-state index in [0.717, 1.165) is 29.8 Å². The Labute approximate surface area is 116 Å². The highest BCUT2D eigenvalue weighted by Gasteiger charge is 2.03. The molecule has 0 atom stereocenters. The second-order valence-electron chi connectivity index (χ2n) is 3.89. The Morgan fingerprint density at radius 2 is 2.22 bits per heavy atom. The van der Waals surface area contributed by atoms with Crippen molar-refractivity contribution in [2.75, 3.05) is 38.1 Å². The van der Waals surface area contributed by atoms with E-state index in [4.69, 9.17) is 10.4 Å². The molecule has 1 aromatic rings. The topological polar surface area (TPSA) is 59.3 Å². The van der Waals surface area contributed by atoms with Crippen LogP contribution in [0.1, 0.15) is 12.5 Å². The molecule has 0 amide bonds. The number of likely N-dealkylation sites (N-methyl/N-ethyl adjacent to an activating group) is 1. The number of halogens is 1. The maximum Gasteiger partial charge on any atom is 0.0992 e. The van der Waals surface area contributed by atoms with Gasteiger partial charge in [0.1, 0.15) is 0 Å². The minimum Gasteiger partial charge on any atom is -0.395 e. The molecule has 18 heavy (non-hydrogen) atoms. The van der Waals surface area contributed by atoms with Crippen molar-refractivity contribution < 1.29 is 5.11 Å². The van der Waals surface area contributed by atoms with Crippen molar-refractivity contribution in [2.24, 2.45) is 0 Å². The number of anilines is 1. The van der Waals surface area contributed by atoms with Crippen LogP contribution in [0.5, 0.6) is 0 Å². The molecule has 1 aromatic carbocycles. The first-order valence-corrected chi connectivity index (χ1v) is 6.77. The van der Waals surface area contributed by atoms with Crippen LogP contribution in [0.2, 0.25) is 0 Å². The number of nitrogens with one attached hydrogen (secondary N) is 1. The lowest BCUT2D eigenvalue weighted by Crippen LogP contribution is -2.31. The summed E-state index contributed by atoms with van der Waals surface area (Å²) >= 11 is 3.44. The van der Waals surface area contributed by atoms with E-state index in [2.05, 4.69) is 39.1 Å². The average Bonchev–Trinajstić information content (AvgIpc) is 2.39. The average molecular weight is 312 g/mol. The molecule has 0 spiro atoms. The number of hydrogen-bond donors (Lipinski definition) is 2. The third kappa shape index (κ3) is 4.65. The fraction of sp³-hybridized carbons (Fsp3) is 0.462. The Balaban J connectivity index is 2.46. The molecule has 1 rings (SSSR count). The quantitative estimate of drug-likeness (QED) is 0.809. The maximum absolute atomic E-state index is 8.89. The first-order valence-electron chi connectivity index (χ1n) is 5.98. The van der Waals surface area contributed by atoms with Crippen molar-refractivity contribution in [1.29, 1.82) is 5.26 Å². The summed E-state index contributed by atoms with van der Waals surface area (Å²) in [5, 5.41) is 21.0. The largest absolute Gasteiger partial charge is 0.395 e. The predicted molar refractivity (Wildman–Crippen MR) is 76.5 cm³/mol. The zero-order chi connectivity index (χ0) is 13.4. The number of nitrogens with zero attached hydrogens (tertiary/aromatic N) is 2. The summed E-state index contributed by atoms with van der Waals surface area (Å²) < 4.78 is 0.895. The number of benzene rings is 1. The van der Waals surface area contributed by atoms with E-state index in [-0.39, 0.29) is 6.61 Å². The van der Waals surface area contributed by atoms with Crippen LogP contribution in [0, 0.1) is 11.3 Å². The van der Waals surface area contributed by atoms with E-state index in [1.54, 1.807) is 12.1 Å². The van der Waals surface area contributed by atoms with Crippen molar-refractivity contribution in [1.82, 2.24) is 4.90 Å². The van der Waals surface area contributed by atoms with Crippen LogP contribution in [0.25, 0.3) is 0 Å². The van der Waals surface area contributed by atoms with Crippen LogP contribution < -0.4 is 5.32 Å². The molecule has 0 unspecified atom stereocenters. The summed E-state index contributed by atoms with van der Waals surface area (Å²) in [6, 6.07) is 7.58. The zero-order valence-corrected chi connectivity index (χ0v) is 12.1. The normalized spacial score (nSPS) is 10.4. The van der Waals surface area contributed by atoms with Crippen molar-refractivity contribution >= 4 is 21.6 Å². The van der Waals surface area contributed by atoms with Crippen molar-refractivity contribution in [3.05, 3.63) is 28.2 Å². The van der Waals surface area contributed by atoms with Gasteiger partial charge in [-0.3, -0.25) is 4.90 Å². The molecule has 0 saturated carbocycles. The molecule has 0 aliphatic carbocycles.